The van der Waals surface area contributed by atoms with Crippen molar-refractivity contribution in [2.75, 3.05) is 0 Å². The predicted molar refractivity (Wildman–Crippen MR) is 93.7 cm³/mol. The fourth-order valence-corrected chi connectivity index (χ4v) is 2.17. The summed E-state index contributed by atoms with van der Waals surface area (Å²) in [7, 11) is 0. The second-order valence-electron chi connectivity index (χ2n) is 6.11. The monoisotopic (exact) mass is 344 g/mol. The van der Waals surface area contributed by atoms with Crippen molar-refractivity contribution >= 4 is 5.91 Å². The summed E-state index contributed by atoms with van der Waals surface area (Å²) in [6.45, 7) is 7.37. The van der Waals surface area contributed by atoms with Crippen LogP contribution in [0.4, 0.5) is 0 Å². The molecule has 25 heavy (non-hydrogen) atoms. The molecule has 0 aliphatic heterocycles. The van der Waals surface area contributed by atoms with Crippen molar-refractivity contribution in [3.8, 4) is 17.6 Å². The van der Waals surface area contributed by atoms with Gasteiger partial charge in [-0.2, -0.15) is 0 Å². The van der Waals surface area contributed by atoms with Gasteiger partial charge >= 0.3 is 6.01 Å². The van der Waals surface area contributed by atoms with E-state index in [9.17, 15) is 4.79 Å². The fourth-order valence-electron chi connectivity index (χ4n) is 2.17. The van der Waals surface area contributed by atoms with E-state index in [1.165, 1.54) is 6.92 Å². The molecule has 2 aromatic heterocycles. The average molecular weight is 344 g/mol. The molecule has 1 N–H and O–H groups in total. The van der Waals surface area contributed by atoms with Gasteiger partial charge in [0.25, 0.3) is 0 Å². The van der Waals surface area contributed by atoms with Crippen molar-refractivity contribution in [2.45, 2.75) is 52.7 Å². The summed E-state index contributed by atoms with van der Waals surface area (Å²) in [6, 6.07) is 3.88. The minimum Gasteiger partial charge on any atom is -0.475 e. The molecule has 2 heterocycles. The molecule has 0 aliphatic rings. The van der Waals surface area contributed by atoms with E-state index >= 15 is 0 Å². The first-order valence-electron chi connectivity index (χ1n) is 8.31. The van der Waals surface area contributed by atoms with E-state index in [4.69, 9.17) is 9.47 Å². The molecule has 2 rings (SSSR count). The summed E-state index contributed by atoms with van der Waals surface area (Å²) < 4.78 is 11.1. The molecule has 1 atom stereocenters. The van der Waals surface area contributed by atoms with Gasteiger partial charge in [0.05, 0.1) is 12.3 Å². The number of pyridine rings is 1. The van der Waals surface area contributed by atoms with Gasteiger partial charge in [-0.25, -0.2) is 15.0 Å². The molecular weight excluding hydrogens is 320 g/mol. The third-order valence-corrected chi connectivity index (χ3v) is 3.27. The van der Waals surface area contributed by atoms with E-state index in [0.29, 0.717) is 11.6 Å². The van der Waals surface area contributed by atoms with E-state index in [1.54, 1.807) is 30.7 Å². The maximum Gasteiger partial charge on any atom is 0.321 e. The number of nitrogens with one attached hydrogen (secondary N) is 1. The summed E-state index contributed by atoms with van der Waals surface area (Å²) in [5.41, 5.74) is 0.989. The Bertz CT molecular complexity index is 672. The molecule has 0 radical (unpaired) electrons. The van der Waals surface area contributed by atoms with E-state index in [1.807, 2.05) is 20.8 Å². The first-order chi connectivity index (χ1) is 11.9. The highest BCUT2D eigenvalue weighted by molar-refractivity contribution is 5.73. The number of hydrogen-bond acceptors (Lipinski definition) is 6. The number of ether oxygens (including phenoxy) is 2. The lowest BCUT2D eigenvalue weighted by atomic mass is 10.1. The van der Waals surface area contributed by atoms with Crippen LogP contribution in [0, 0.1) is 0 Å². The minimum absolute atomic E-state index is 0.0223. The molecule has 134 valence electrons. The lowest BCUT2D eigenvalue weighted by Crippen LogP contribution is -2.30. The van der Waals surface area contributed by atoms with Crippen molar-refractivity contribution in [3.63, 3.8) is 0 Å². The summed E-state index contributed by atoms with van der Waals surface area (Å²) in [6.07, 6.45) is 6.71. The van der Waals surface area contributed by atoms with Crippen LogP contribution in [-0.2, 0) is 11.2 Å². The van der Waals surface area contributed by atoms with Crippen LogP contribution in [0.15, 0.2) is 30.7 Å². The lowest BCUT2D eigenvalue weighted by Gasteiger charge is -2.12. The zero-order chi connectivity index (χ0) is 18.2. The predicted octanol–water partition coefficient (Wildman–Crippen LogP) is 2.91. The third kappa shape index (κ3) is 6.74. The molecule has 2 aromatic rings. The van der Waals surface area contributed by atoms with Gasteiger partial charge in [0.1, 0.15) is 5.75 Å². The van der Waals surface area contributed by atoms with Gasteiger partial charge in [-0.1, -0.05) is 0 Å². The fraction of sp³-hybridized carbons (Fsp3) is 0.444. The molecule has 0 fully saturated rings. The molecule has 1 amide bonds. The first-order valence-corrected chi connectivity index (χ1v) is 8.31. The van der Waals surface area contributed by atoms with E-state index in [-0.39, 0.29) is 24.1 Å². The minimum atomic E-state index is -0.0223. The van der Waals surface area contributed by atoms with Crippen LogP contribution in [0.5, 0.6) is 17.6 Å². The molecular formula is C18H24N4O3. The standard InChI is InChI=1S/C18H24N4O3/c1-12(2)24-17-8-7-16(11-19-17)25-18-20-9-15(10-21-18)6-5-13(3)22-14(4)23/h7-13H,5-6H2,1-4H3,(H,22,23). The molecule has 7 nitrogen and oxygen atoms in total. The largest absolute Gasteiger partial charge is 0.475 e. The molecule has 0 aromatic carbocycles. The Morgan fingerprint density at radius 1 is 1.12 bits per heavy atom. The molecule has 0 saturated carbocycles. The van der Waals surface area contributed by atoms with Crippen LogP contribution < -0.4 is 14.8 Å². The number of hydrogen-bond donors (Lipinski definition) is 1. The van der Waals surface area contributed by atoms with Crippen LogP contribution in [0.25, 0.3) is 0 Å². The third-order valence-electron chi connectivity index (χ3n) is 3.27. The van der Waals surface area contributed by atoms with Crippen LogP contribution in [0.3, 0.4) is 0 Å². The van der Waals surface area contributed by atoms with Crippen LogP contribution in [0.1, 0.15) is 39.7 Å². The number of amides is 1. The number of carbonyl (C=O) groups excluding carboxylic acids is 1. The molecule has 1 unspecified atom stereocenters. The van der Waals surface area contributed by atoms with Crippen LogP contribution >= 0.6 is 0 Å². The van der Waals surface area contributed by atoms with Gasteiger partial charge in [-0.05, 0) is 45.2 Å². The SMILES string of the molecule is CC(=O)NC(C)CCc1cnc(Oc2ccc(OC(C)C)nc2)nc1. The smallest absolute Gasteiger partial charge is 0.321 e. The van der Waals surface area contributed by atoms with Gasteiger partial charge in [-0.3, -0.25) is 4.79 Å². The van der Waals surface area contributed by atoms with Crippen LogP contribution in [-0.4, -0.2) is 33.0 Å². The molecule has 0 bridgehead atoms. The van der Waals surface area contributed by atoms with Gasteiger partial charge < -0.3 is 14.8 Å². The highest BCUT2D eigenvalue weighted by Crippen LogP contribution is 2.19. The Balaban J connectivity index is 1.86. The van der Waals surface area contributed by atoms with Gasteiger partial charge in [0.15, 0.2) is 0 Å². The van der Waals surface area contributed by atoms with Crippen molar-refractivity contribution in [3.05, 3.63) is 36.3 Å². The normalized spacial score (nSPS) is 11.9. The Labute approximate surface area is 147 Å². The second-order valence-corrected chi connectivity index (χ2v) is 6.11. The van der Waals surface area contributed by atoms with Crippen LogP contribution in [0.2, 0.25) is 0 Å². The maximum atomic E-state index is 11.0. The van der Waals surface area contributed by atoms with E-state index in [2.05, 4.69) is 20.3 Å². The van der Waals surface area contributed by atoms with Crippen molar-refractivity contribution in [1.82, 2.24) is 20.3 Å². The lowest BCUT2D eigenvalue weighted by molar-refractivity contribution is -0.119. The summed E-state index contributed by atoms with van der Waals surface area (Å²) in [5.74, 6) is 1.07. The van der Waals surface area contributed by atoms with Crippen molar-refractivity contribution in [1.29, 1.82) is 0 Å². The zero-order valence-corrected chi connectivity index (χ0v) is 15.0. The van der Waals surface area contributed by atoms with Gasteiger partial charge in [-0.15, -0.1) is 0 Å². The first kappa shape index (κ1) is 18.6. The average Bonchev–Trinajstić information content (AvgIpc) is 2.55. The highest BCUT2D eigenvalue weighted by atomic mass is 16.5. The van der Waals surface area contributed by atoms with Crippen molar-refractivity contribution < 1.29 is 14.3 Å². The number of rotatable bonds is 8. The second kappa shape index (κ2) is 8.96. The quantitative estimate of drug-likeness (QED) is 0.792. The summed E-state index contributed by atoms with van der Waals surface area (Å²) in [5, 5.41) is 2.85. The number of nitrogens with zero attached hydrogens (tertiary/aromatic N) is 3. The summed E-state index contributed by atoms with van der Waals surface area (Å²) in [4.78, 5) is 23.6. The van der Waals surface area contributed by atoms with Gasteiger partial charge in [0.2, 0.25) is 11.8 Å². The molecule has 7 heteroatoms. The Morgan fingerprint density at radius 3 is 2.40 bits per heavy atom. The molecule has 0 aliphatic carbocycles. The zero-order valence-electron chi connectivity index (χ0n) is 15.0. The topological polar surface area (TPSA) is 86.2 Å². The van der Waals surface area contributed by atoms with Crippen molar-refractivity contribution in [2.24, 2.45) is 0 Å². The maximum absolute atomic E-state index is 11.0. The van der Waals surface area contributed by atoms with Gasteiger partial charge in [0, 0.05) is 31.4 Å². The Kier molecular flexibility index (Phi) is 6.68. The van der Waals surface area contributed by atoms with E-state index < -0.39 is 0 Å². The Hall–Kier alpha value is -2.70. The highest BCUT2D eigenvalue weighted by Gasteiger charge is 2.06. The molecule has 0 spiro atoms. The summed E-state index contributed by atoms with van der Waals surface area (Å²) >= 11 is 0. The van der Waals surface area contributed by atoms with E-state index in [0.717, 1.165) is 18.4 Å². The molecule has 0 saturated heterocycles. The Morgan fingerprint density at radius 2 is 1.84 bits per heavy atom. The number of carbonyl (C=O) groups is 1. The number of aryl methyl sites for hydroxylation is 1. The number of aromatic nitrogens is 3.